The van der Waals surface area contributed by atoms with Gasteiger partial charge in [0.2, 0.25) is 0 Å². The molecule has 0 aliphatic carbocycles. The summed E-state index contributed by atoms with van der Waals surface area (Å²) < 4.78 is 0. The summed E-state index contributed by atoms with van der Waals surface area (Å²) in [7, 11) is 0. The van der Waals surface area contributed by atoms with Crippen molar-refractivity contribution in [1.29, 1.82) is 0 Å². The van der Waals surface area contributed by atoms with Crippen molar-refractivity contribution in [1.82, 2.24) is 10.3 Å². The van der Waals surface area contributed by atoms with Crippen molar-refractivity contribution >= 4 is 40.4 Å². The fourth-order valence-corrected chi connectivity index (χ4v) is 2.79. The van der Waals surface area contributed by atoms with Crippen molar-refractivity contribution in [3.8, 4) is 0 Å². The number of benzene rings is 1. The number of carbonyl (C=O) groups is 1. The number of nitrogens with zero attached hydrogens (tertiary/aromatic N) is 1. The first-order chi connectivity index (χ1) is 8.97. The van der Waals surface area contributed by atoms with Crippen LogP contribution in [0.15, 0.2) is 18.2 Å². The number of hydrogen-bond acceptors (Lipinski definition) is 3. The molecule has 0 saturated heterocycles. The lowest BCUT2D eigenvalue weighted by Crippen LogP contribution is -2.23. The lowest BCUT2D eigenvalue weighted by atomic mass is 10.2. The fourth-order valence-electron chi connectivity index (χ4n) is 1.54. The summed E-state index contributed by atoms with van der Waals surface area (Å²) in [6, 6.07) is 4.81. The molecule has 1 N–H and O–H groups in total. The zero-order valence-electron chi connectivity index (χ0n) is 10.5. The summed E-state index contributed by atoms with van der Waals surface area (Å²) in [5.74, 6) is -0.252. The monoisotopic (exact) mass is 314 g/mol. The van der Waals surface area contributed by atoms with Crippen LogP contribution in [-0.4, -0.2) is 10.9 Å². The number of nitrogens with one attached hydrogen (secondary N) is 1. The van der Waals surface area contributed by atoms with Crippen LogP contribution in [0, 0.1) is 13.8 Å². The summed E-state index contributed by atoms with van der Waals surface area (Å²) in [5, 5.41) is 4.53. The van der Waals surface area contributed by atoms with Gasteiger partial charge in [0.15, 0.2) is 0 Å². The predicted molar refractivity (Wildman–Crippen MR) is 79.2 cm³/mol. The first kappa shape index (κ1) is 14.3. The number of amides is 1. The Labute approximate surface area is 125 Å². The van der Waals surface area contributed by atoms with Crippen LogP contribution in [0.1, 0.15) is 25.9 Å². The molecule has 1 amide bonds. The van der Waals surface area contributed by atoms with E-state index in [1.54, 1.807) is 29.5 Å². The van der Waals surface area contributed by atoms with Crippen molar-refractivity contribution in [2.75, 3.05) is 0 Å². The first-order valence-corrected chi connectivity index (χ1v) is 7.21. The zero-order chi connectivity index (χ0) is 14.0. The molecule has 0 aliphatic rings. The molecule has 0 bridgehead atoms. The number of rotatable bonds is 3. The van der Waals surface area contributed by atoms with E-state index in [1.165, 1.54) is 0 Å². The van der Waals surface area contributed by atoms with Crippen molar-refractivity contribution in [3.05, 3.63) is 49.4 Å². The van der Waals surface area contributed by atoms with E-state index >= 15 is 0 Å². The summed E-state index contributed by atoms with van der Waals surface area (Å²) in [6.07, 6.45) is 0. The van der Waals surface area contributed by atoms with E-state index in [2.05, 4.69) is 10.3 Å². The normalized spacial score (nSPS) is 10.5. The molecule has 6 heteroatoms. The quantitative estimate of drug-likeness (QED) is 0.930. The Hall–Kier alpha value is -1.10. The van der Waals surface area contributed by atoms with E-state index in [1.807, 2.05) is 13.8 Å². The van der Waals surface area contributed by atoms with E-state index in [0.717, 1.165) is 15.6 Å². The van der Waals surface area contributed by atoms with Crippen LogP contribution in [0.5, 0.6) is 0 Å². The zero-order valence-corrected chi connectivity index (χ0v) is 12.8. The molecule has 0 atom stereocenters. The second kappa shape index (κ2) is 5.90. The number of thiazole rings is 1. The van der Waals surface area contributed by atoms with Gasteiger partial charge in [0.25, 0.3) is 5.91 Å². The highest BCUT2D eigenvalue weighted by molar-refractivity contribution is 7.11. The first-order valence-electron chi connectivity index (χ1n) is 5.63. The van der Waals surface area contributed by atoms with Gasteiger partial charge in [0, 0.05) is 9.90 Å². The Bertz CT molecular complexity index is 606. The van der Waals surface area contributed by atoms with E-state index < -0.39 is 0 Å². The second-order valence-corrected chi connectivity index (χ2v) is 6.19. The predicted octanol–water partition coefficient (Wildman–Crippen LogP) is 4.00. The maximum absolute atomic E-state index is 12.0. The van der Waals surface area contributed by atoms with Crippen LogP contribution in [-0.2, 0) is 6.54 Å². The van der Waals surface area contributed by atoms with E-state index in [4.69, 9.17) is 23.2 Å². The molecule has 0 aliphatic heterocycles. The van der Waals surface area contributed by atoms with Gasteiger partial charge >= 0.3 is 0 Å². The minimum Gasteiger partial charge on any atom is -0.345 e. The third-order valence-electron chi connectivity index (χ3n) is 2.65. The lowest BCUT2D eigenvalue weighted by Gasteiger charge is -2.05. The maximum Gasteiger partial charge on any atom is 0.253 e. The van der Waals surface area contributed by atoms with Crippen LogP contribution < -0.4 is 5.32 Å². The Kier molecular flexibility index (Phi) is 4.45. The maximum atomic E-state index is 12.0. The van der Waals surface area contributed by atoms with Crippen molar-refractivity contribution in [2.24, 2.45) is 0 Å². The minimum atomic E-state index is -0.252. The summed E-state index contributed by atoms with van der Waals surface area (Å²) >= 11 is 13.4. The van der Waals surface area contributed by atoms with Crippen molar-refractivity contribution in [2.45, 2.75) is 20.4 Å². The molecule has 0 spiro atoms. The van der Waals surface area contributed by atoms with Gasteiger partial charge < -0.3 is 5.32 Å². The number of aryl methyl sites for hydroxylation is 2. The smallest absolute Gasteiger partial charge is 0.253 e. The van der Waals surface area contributed by atoms with Crippen molar-refractivity contribution < 1.29 is 4.79 Å². The molecule has 0 unspecified atom stereocenters. The largest absolute Gasteiger partial charge is 0.345 e. The Balaban J connectivity index is 2.07. The van der Waals surface area contributed by atoms with E-state index in [0.29, 0.717) is 22.2 Å². The van der Waals surface area contributed by atoms with Gasteiger partial charge in [-0.1, -0.05) is 23.2 Å². The van der Waals surface area contributed by atoms with Gasteiger partial charge in [0.05, 0.1) is 22.8 Å². The molecule has 100 valence electrons. The molecule has 1 heterocycles. The minimum absolute atomic E-state index is 0.252. The molecule has 0 radical (unpaired) electrons. The molecule has 2 aromatic rings. The number of hydrogen-bond donors (Lipinski definition) is 1. The van der Waals surface area contributed by atoms with Crippen LogP contribution in [0.2, 0.25) is 10.0 Å². The average Bonchev–Trinajstić information content (AvgIpc) is 2.69. The number of carbonyl (C=O) groups excluding carboxylic acids is 1. The standard InChI is InChI=1S/C13H12Cl2N2OS/c1-7-8(2)19-12(17-7)6-16-13(18)10-5-9(14)3-4-11(10)15/h3-5H,6H2,1-2H3,(H,16,18). The summed E-state index contributed by atoms with van der Waals surface area (Å²) in [5.41, 5.74) is 1.37. The Morgan fingerprint density at radius 2 is 2.11 bits per heavy atom. The molecule has 0 fully saturated rings. The van der Waals surface area contributed by atoms with Crippen LogP contribution in [0.4, 0.5) is 0 Å². The summed E-state index contributed by atoms with van der Waals surface area (Å²) in [4.78, 5) is 17.5. The third-order valence-corrected chi connectivity index (χ3v) is 4.28. The van der Waals surface area contributed by atoms with Crippen molar-refractivity contribution in [3.63, 3.8) is 0 Å². The van der Waals surface area contributed by atoms with Crippen LogP contribution >= 0.6 is 34.5 Å². The molecule has 1 aromatic heterocycles. The van der Waals surface area contributed by atoms with Gasteiger partial charge in [-0.05, 0) is 32.0 Å². The number of halogens is 2. The van der Waals surface area contributed by atoms with E-state index in [-0.39, 0.29) is 5.91 Å². The van der Waals surface area contributed by atoms with Crippen LogP contribution in [0.3, 0.4) is 0 Å². The number of aromatic nitrogens is 1. The molecule has 2 rings (SSSR count). The van der Waals surface area contributed by atoms with E-state index in [9.17, 15) is 4.79 Å². The van der Waals surface area contributed by atoms with Gasteiger partial charge in [-0.3, -0.25) is 4.79 Å². The van der Waals surface area contributed by atoms with Gasteiger partial charge in [0.1, 0.15) is 5.01 Å². The highest BCUT2D eigenvalue weighted by Gasteiger charge is 2.12. The molecule has 0 saturated carbocycles. The van der Waals surface area contributed by atoms with Gasteiger partial charge in [-0.25, -0.2) is 4.98 Å². The SMILES string of the molecule is Cc1nc(CNC(=O)c2cc(Cl)ccc2Cl)sc1C. The highest BCUT2D eigenvalue weighted by atomic mass is 35.5. The topological polar surface area (TPSA) is 42.0 Å². The van der Waals surface area contributed by atoms with Gasteiger partial charge in [-0.15, -0.1) is 11.3 Å². The second-order valence-electron chi connectivity index (χ2n) is 4.06. The Morgan fingerprint density at radius 1 is 1.37 bits per heavy atom. The molecule has 1 aromatic carbocycles. The molecular weight excluding hydrogens is 303 g/mol. The molecular formula is C13H12Cl2N2OS. The van der Waals surface area contributed by atoms with Gasteiger partial charge in [-0.2, -0.15) is 0 Å². The summed E-state index contributed by atoms with van der Waals surface area (Å²) in [6.45, 7) is 4.35. The molecule has 19 heavy (non-hydrogen) atoms. The third kappa shape index (κ3) is 3.47. The molecule has 3 nitrogen and oxygen atoms in total. The average molecular weight is 315 g/mol. The van der Waals surface area contributed by atoms with Crippen LogP contribution in [0.25, 0.3) is 0 Å². The Morgan fingerprint density at radius 3 is 2.74 bits per heavy atom. The fraction of sp³-hybridized carbons (Fsp3) is 0.231. The lowest BCUT2D eigenvalue weighted by molar-refractivity contribution is 0.0951. The highest BCUT2D eigenvalue weighted by Crippen LogP contribution is 2.21.